The molecule has 0 spiro atoms. The van der Waals surface area contributed by atoms with Crippen LogP contribution in [0.3, 0.4) is 0 Å². The highest BCUT2D eigenvalue weighted by Gasteiger charge is 2.48. The molecule has 0 heterocycles. The van der Waals surface area contributed by atoms with Crippen LogP contribution in [0.4, 0.5) is 11.4 Å². The minimum Gasteiger partial charge on any atom is -0.377 e. The Labute approximate surface area is 215 Å². The lowest BCUT2D eigenvalue weighted by Crippen LogP contribution is -2.48. The van der Waals surface area contributed by atoms with Crippen molar-refractivity contribution in [3.05, 3.63) is 81.1 Å². The highest BCUT2D eigenvalue weighted by atomic mass is 31.1. The van der Waals surface area contributed by atoms with Crippen molar-refractivity contribution in [3.8, 4) is 0 Å². The van der Waals surface area contributed by atoms with E-state index in [9.17, 15) is 9.59 Å². The van der Waals surface area contributed by atoms with Crippen molar-refractivity contribution in [2.24, 2.45) is 11.7 Å². The predicted molar refractivity (Wildman–Crippen MR) is 153 cm³/mol. The van der Waals surface area contributed by atoms with E-state index in [0.29, 0.717) is 17.3 Å². The van der Waals surface area contributed by atoms with E-state index in [1.165, 1.54) is 17.0 Å². The highest BCUT2D eigenvalue weighted by Crippen LogP contribution is 2.60. The predicted octanol–water partition coefficient (Wildman–Crippen LogP) is 4.46. The molecule has 190 valence electrons. The third-order valence-corrected chi connectivity index (χ3v) is 11.8. The van der Waals surface area contributed by atoms with Gasteiger partial charge in [0.2, 0.25) is 0 Å². The van der Waals surface area contributed by atoms with Gasteiger partial charge >= 0.3 is 0 Å². The van der Waals surface area contributed by atoms with E-state index >= 15 is 0 Å². The summed E-state index contributed by atoms with van der Waals surface area (Å²) in [5.41, 5.74) is 6.41. The summed E-state index contributed by atoms with van der Waals surface area (Å²) in [4.78, 5) is 25.2. The topological polar surface area (TPSA) is 84.2 Å². The van der Waals surface area contributed by atoms with Crippen molar-refractivity contribution >= 4 is 29.9 Å². The van der Waals surface area contributed by atoms with E-state index in [0.717, 1.165) is 38.5 Å². The van der Waals surface area contributed by atoms with Gasteiger partial charge in [-0.2, -0.15) is 0 Å². The summed E-state index contributed by atoms with van der Waals surface area (Å²) in [6.45, 7) is 4.63. The SMILES string of the molecule is C[C@@H](Nc1c(N[C@H]2CCCC[C@@H]2N)c(=O)c1=O)[C@@H]1CCCC1(C)P(c1ccccc1)c1ccccc1. The molecule has 5 nitrogen and oxygen atoms in total. The second-order valence-corrected chi connectivity index (χ2v) is 13.6. The van der Waals surface area contributed by atoms with Crippen LogP contribution in [-0.4, -0.2) is 23.3 Å². The number of benzene rings is 2. The number of nitrogens with two attached hydrogens (primary N) is 1. The average molecular weight is 504 g/mol. The van der Waals surface area contributed by atoms with Crippen LogP contribution in [0.5, 0.6) is 0 Å². The molecule has 1 unspecified atom stereocenters. The molecule has 2 saturated carbocycles. The lowest BCUT2D eigenvalue weighted by molar-refractivity contribution is 0.402. The van der Waals surface area contributed by atoms with E-state index in [-0.39, 0.29) is 23.3 Å². The molecular formula is C30H38N3O2P. The molecule has 5 rings (SSSR count). The smallest absolute Gasteiger partial charge is 0.253 e. The molecule has 4 N–H and O–H groups in total. The lowest BCUT2D eigenvalue weighted by Gasteiger charge is -2.43. The summed E-state index contributed by atoms with van der Waals surface area (Å²) in [5.74, 6) is 0.373. The molecule has 6 heteroatoms. The van der Waals surface area contributed by atoms with Crippen LogP contribution in [-0.2, 0) is 0 Å². The Balaban J connectivity index is 1.42. The summed E-state index contributed by atoms with van der Waals surface area (Å²) in [6, 6.07) is 21.9. The third kappa shape index (κ3) is 4.64. The zero-order valence-electron chi connectivity index (χ0n) is 21.4. The Bertz CT molecular complexity index is 1200. The van der Waals surface area contributed by atoms with E-state index in [2.05, 4.69) is 85.1 Å². The van der Waals surface area contributed by atoms with E-state index in [1.54, 1.807) is 0 Å². The molecule has 0 bridgehead atoms. The van der Waals surface area contributed by atoms with Crippen LogP contribution in [0.15, 0.2) is 70.3 Å². The largest absolute Gasteiger partial charge is 0.377 e. The number of hydrogen-bond acceptors (Lipinski definition) is 5. The quantitative estimate of drug-likeness (QED) is 0.312. The zero-order valence-corrected chi connectivity index (χ0v) is 22.3. The second-order valence-electron chi connectivity index (χ2n) is 10.9. The van der Waals surface area contributed by atoms with Crippen molar-refractivity contribution in [1.29, 1.82) is 0 Å². The van der Waals surface area contributed by atoms with Gasteiger partial charge in [-0.1, -0.05) is 86.8 Å². The van der Waals surface area contributed by atoms with Gasteiger partial charge in [-0.05, 0) is 57.1 Å². The molecule has 3 aromatic carbocycles. The van der Waals surface area contributed by atoms with Crippen molar-refractivity contribution in [1.82, 2.24) is 0 Å². The van der Waals surface area contributed by atoms with Crippen LogP contribution >= 0.6 is 7.92 Å². The normalized spacial score (nSPS) is 27.3. The first-order valence-corrected chi connectivity index (χ1v) is 14.8. The molecule has 2 aliphatic carbocycles. The maximum Gasteiger partial charge on any atom is 0.253 e. The van der Waals surface area contributed by atoms with Gasteiger partial charge in [0.15, 0.2) is 0 Å². The Morgan fingerprint density at radius 3 is 2.06 bits per heavy atom. The molecule has 0 aliphatic heterocycles. The summed E-state index contributed by atoms with van der Waals surface area (Å²) >= 11 is 0. The van der Waals surface area contributed by atoms with Gasteiger partial charge in [-0.3, -0.25) is 9.59 Å². The van der Waals surface area contributed by atoms with Gasteiger partial charge in [0.05, 0.1) is 0 Å². The van der Waals surface area contributed by atoms with E-state index in [4.69, 9.17) is 5.73 Å². The Morgan fingerprint density at radius 2 is 1.44 bits per heavy atom. The van der Waals surface area contributed by atoms with Gasteiger partial charge in [0.1, 0.15) is 11.4 Å². The van der Waals surface area contributed by atoms with Crippen molar-refractivity contribution in [2.45, 2.75) is 82.1 Å². The standard InChI is InChI=1S/C30H38N3O2P/c1-20(32-26-27(29(35)28(26)34)33-25-18-10-9-17-24(25)31)23-16-11-19-30(23,2)36(21-12-5-3-6-13-21)22-14-7-4-8-15-22/h3-8,12-15,20,23-25,32-33H,9-11,16-19,31H2,1-2H3/t20-,23+,24+,25+,30?/m1/s1. The van der Waals surface area contributed by atoms with Crippen LogP contribution in [0.25, 0.3) is 0 Å². The van der Waals surface area contributed by atoms with Gasteiger partial charge in [0.25, 0.3) is 10.9 Å². The lowest BCUT2D eigenvalue weighted by atomic mass is 9.89. The third-order valence-electron chi connectivity index (χ3n) is 8.57. The van der Waals surface area contributed by atoms with Crippen LogP contribution in [0.2, 0.25) is 0 Å². The molecule has 2 aliphatic rings. The fraction of sp³-hybridized carbons (Fsp3) is 0.467. The number of hydrogen-bond donors (Lipinski definition) is 3. The van der Waals surface area contributed by atoms with Gasteiger partial charge in [-0.25, -0.2) is 0 Å². The minimum absolute atomic E-state index is 0.0202. The van der Waals surface area contributed by atoms with Crippen molar-refractivity contribution < 1.29 is 0 Å². The Hall–Kier alpha value is -2.49. The number of nitrogens with one attached hydrogen (secondary N) is 2. The molecule has 0 amide bonds. The maximum atomic E-state index is 12.6. The second kappa shape index (κ2) is 10.5. The van der Waals surface area contributed by atoms with E-state index < -0.39 is 18.8 Å². The first kappa shape index (κ1) is 25.2. The van der Waals surface area contributed by atoms with Crippen LogP contribution in [0.1, 0.15) is 58.8 Å². The average Bonchev–Trinajstić information content (AvgIpc) is 3.30. The summed E-state index contributed by atoms with van der Waals surface area (Å²) in [6.07, 6.45) is 7.54. The summed E-state index contributed by atoms with van der Waals surface area (Å²) in [5, 5.41) is 9.73. The molecule has 5 atom stereocenters. The van der Waals surface area contributed by atoms with Crippen LogP contribution < -0.4 is 37.8 Å². The fourth-order valence-corrected chi connectivity index (χ4v) is 10.1. The van der Waals surface area contributed by atoms with E-state index in [1.807, 2.05) is 0 Å². The minimum atomic E-state index is -0.608. The molecule has 36 heavy (non-hydrogen) atoms. The first-order chi connectivity index (χ1) is 17.4. The first-order valence-electron chi connectivity index (χ1n) is 13.4. The van der Waals surface area contributed by atoms with Crippen LogP contribution in [0, 0.1) is 5.92 Å². The number of anilines is 2. The molecule has 2 fully saturated rings. The molecule has 3 aromatic rings. The Kier molecular flexibility index (Phi) is 7.32. The summed E-state index contributed by atoms with van der Waals surface area (Å²) < 4.78 is 0. The van der Waals surface area contributed by atoms with Gasteiger partial charge in [0, 0.05) is 23.3 Å². The van der Waals surface area contributed by atoms with Gasteiger partial charge in [-0.15, -0.1) is 0 Å². The summed E-state index contributed by atoms with van der Waals surface area (Å²) in [7, 11) is -0.608. The molecular weight excluding hydrogens is 465 g/mol. The Morgan fingerprint density at radius 1 is 0.861 bits per heavy atom. The zero-order chi connectivity index (χ0) is 25.3. The van der Waals surface area contributed by atoms with Crippen molar-refractivity contribution in [2.75, 3.05) is 10.6 Å². The van der Waals surface area contributed by atoms with Gasteiger partial charge < -0.3 is 16.4 Å². The number of rotatable bonds is 8. The van der Waals surface area contributed by atoms with Crippen molar-refractivity contribution in [3.63, 3.8) is 0 Å². The maximum absolute atomic E-state index is 12.6. The molecule has 0 radical (unpaired) electrons. The monoisotopic (exact) mass is 503 g/mol. The molecule has 0 saturated heterocycles. The fourth-order valence-electron chi connectivity index (χ4n) is 6.65. The molecule has 0 aromatic heterocycles. The highest BCUT2D eigenvalue weighted by molar-refractivity contribution is 7.74.